The van der Waals surface area contributed by atoms with Crippen LogP contribution in [0.5, 0.6) is 5.75 Å². The number of rotatable bonds is 9. The lowest BCUT2D eigenvalue weighted by molar-refractivity contribution is -0.384. The summed E-state index contributed by atoms with van der Waals surface area (Å²) in [7, 11) is 1.61. The molecule has 0 saturated carbocycles. The molecule has 37 heavy (non-hydrogen) atoms. The van der Waals surface area contributed by atoms with Crippen LogP contribution in [-0.2, 0) is 14.3 Å². The first kappa shape index (κ1) is 26.5. The Morgan fingerprint density at radius 3 is 2.70 bits per heavy atom. The van der Waals surface area contributed by atoms with Gasteiger partial charge < -0.3 is 14.8 Å². The molecule has 0 fully saturated rings. The number of nitro groups is 1. The summed E-state index contributed by atoms with van der Waals surface area (Å²) in [4.78, 5) is 38.1. The highest BCUT2D eigenvalue weighted by atomic mass is 32.2. The van der Waals surface area contributed by atoms with E-state index in [4.69, 9.17) is 9.47 Å². The molecule has 1 heterocycles. The number of esters is 1. The Morgan fingerprint density at radius 1 is 1.19 bits per heavy atom. The zero-order valence-corrected chi connectivity index (χ0v) is 21.9. The number of nitrogens with zero attached hydrogens (tertiary/aromatic N) is 1. The van der Waals surface area contributed by atoms with Gasteiger partial charge in [0.05, 0.1) is 17.6 Å². The van der Waals surface area contributed by atoms with Gasteiger partial charge in [0.25, 0.3) is 5.69 Å². The minimum absolute atomic E-state index is 0.0990. The van der Waals surface area contributed by atoms with Crippen LogP contribution < -0.4 is 10.1 Å². The lowest BCUT2D eigenvalue weighted by atomic mass is 9.71. The van der Waals surface area contributed by atoms with Crippen LogP contribution in [-0.4, -0.2) is 41.9 Å². The molecule has 194 valence electrons. The van der Waals surface area contributed by atoms with Crippen molar-refractivity contribution in [1.29, 1.82) is 0 Å². The number of non-ortho nitro benzene ring substituents is 1. The van der Waals surface area contributed by atoms with E-state index in [-0.39, 0.29) is 30.4 Å². The number of nitro benzene ring substituents is 1. The SMILES string of the molecule is CCSCCOC(=O)C1=C(C)NC2=C(C(=O)C[C@H](c3ccccc3OC)C2)[C@@H]1c1cccc([N+](=O)[O-])c1. The van der Waals surface area contributed by atoms with Crippen molar-refractivity contribution in [1.82, 2.24) is 5.32 Å². The van der Waals surface area contributed by atoms with Crippen molar-refractivity contribution in [3.05, 3.63) is 92.3 Å². The minimum atomic E-state index is -0.756. The zero-order chi connectivity index (χ0) is 26.5. The summed E-state index contributed by atoms with van der Waals surface area (Å²) in [5.74, 6) is 0.801. The Balaban J connectivity index is 1.76. The molecule has 2 aliphatic rings. The van der Waals surface area contributed by atoms with E-state index >= 15 is 0 Å². The number of carbonyl (C=O) groups is 2. The van der Waals surface area contributed by atoms with Crippen molar-refractivity contribution in [3.8, 4) is 5.75 Å². The first-order chi connectivity index (χ1) is 17.8. The standard InChI is InChI=1S/C28H30N2O6S/c1-4-37-13-12-36-28(32)25-17(2)29-22-15-19(21-10-5-6-11-24(21)35-3)16-23(31)27(22)26(25)18-8-7-9-20(14-18)30(33)34/h5-11,14,19,26,29H,4,12-13,15-16H2,1-3H3/t19-,26-/m1/s1. The number of para-hydroxylation sites is 1. The van der Waals surface area contributed by atoms with E-state index in [2.05, 4.69) is 5.32 Å². The topological polar surface area (TPSA) is 108 Å². The molecular formula is C28H30N2O6S. The van der Waals surface area contributed by atoms with E-state index in [1.165, 1.54) is 12.1 Å². The van der Waals surface area contributed by atoms with Crippen LogP contribution in [0.1, 0.15) is 49.7 Å². The average Bonchev–Trinajstić information content (AvgIpc) is 2.90. The van der Waals surface area contributed by atoms with Crippen LogP contribution >= 0.6 is 11.8 Å². The van der Waals surface area contributed by atoms with Crippen molar-refractivity contribution < 1.29 is 24.0 Å². The summed E-state index contributed by atoms with van der Waals surface area (Å²) in [6.07, 6.45) is 0.778. The monoisotopic (exact) mass is 522 g/mol. The molecule has 1 N–H and O–H groups in total. The molecule has 0 bridgehead atoms. The average molecular weight is 523 g/mol. The third-order valence-corrected chi connectivity index (χ3v) is 7.57. The Hall–Kier alpha value is -3.59. The molecular weight excluding hydrogens is 492 g/mol. The van der Waals surface area contributed by atoms with Gasteiger partial charge >= 0.3 is 5.97 Å². The Kier molecular flexibility index (Phi) is 8.33. The van der Waals surface area contributed by atoms with E-state index in [9.17, 15) is 19.7 Å². The second-order valence-corrected chi connectivity index (χ2v) is 10.3. The number of carbonyl (C=O) groups excluding carboxylic acids is 2. The fraction of sp³-hybridized carbons (Fsp3) is 0.357. The smallest absolute Gasteiger partial charge is 0.336 e. The summed E-state index contributed by atoms with van der Waals surface area (Å²) >= 11 is 1.66. The van der Waals surface area contributed by atoms with E-state index < -0.39 is 16.8 Å². The first-order valence-corrected chi connectivity index (χ1v) is 13.4. The zero-order valence-electron chi connectivity index (χ0n) is 21.1. The Labute approximate surface area is 220 Å². The fourth-order valence-corrected chi connectivity index (χ4v) is 5.59. The van der Waals surface area contributed by atoms with Crippen molar-refractivity contribution >= 4 is 29.2 Å². The third kappa shape index (κ3) is 5.56. The van der Waals surface area contributed by atoms with Gasteiger partial charge in [0.2, 0.25) is 0 Å². The second kappa shape index (κ2) is 11.6. The van der Waals surface area contributed by atoms with Gasteiger partial charge in [-0.25, -0.2) is 4.79 Å². The largest absolute Gasteiger partial charge is 0.496 e. The third-order valence-electron chi connectivity index (χ3n) is 6.71. The van der Waals surface area contributed by atoms with Crippen LogP contribution in [0.15, 0.2) is 71.1 Å². The van der Waals surface area contributed by atoms with Crippen LogP contribution in [0.25, 0.3) is 0 Å². The number of hydrogen-bond acceptors (Lipinski definition) is 8. The van der Waals surface area contributed by atoms with Gasteiger partial charge in [0, 0.05) is 53.1 Å². The maximum absolute atomic E-state index is 13.7. The predicted octanol–water partition coefficient (Wildman–Crippen LogP) is 5.26. The number of ketones is 1. The van der Waals surface area contributed by atoms with E-state index in [0.29, 0.717) is 34.6 Å². The molecule has 1 aliphatic carbocycles. The van der Waals surface area contributed by atoms with Crippen molar-refractivity contribution in [3.63, 3.8) is 0 Å². The molecule has 1 aliphatic heterocycles. The molecule has 4 rings (SSSR count). The van der Waals surface area contributed by atoms with Gasteiger partial charge in [-0.2, -0.15) is 11.8 Å². The molecule has 2 aromatic rings. The van der Waals surface area contributed by atoms with Gasteiger partial charge in [0.1, 0.15) is 12.4 Å². The normalized spacial score (nSPS) is 19.3. The van der Waals surface area contributed by atoms with E-state index in [1.807, 2.05) is 31.2 Å². The number of dihydropyridines is 1. The molecule has 0 unspecified atom stereocenters. The molecule has 0 aromatic heterocycles. The highest BCUT2D eigenvalue weighted by Crippen LogP contribution is 2.47. The van der Waals surface area contributed by atoms with Crippen molar-refractivity contribution in [2.24, 2.45) is 0 Å². The Morgan fingerprint density at radius 2 is 1.97 bits per heavy atom. The second-order valence-electron chi connectivity index (χ2n) is 8.94. The molecule has 8 nitrogen and oxygen atoms in total. The summed E-state index contributed by atoms with van der Waals surface area (Å²) < 4.78 is 11.1. The summed E-state index contributed by atoms with van der Waals surface area (Å²) in [6.45, 7) is 4.05. The van der Waals surface area contributed by atoms with Crippen molar-refractivity contribution in [2.45, 2.75) is 38.5 Å². The summed E-state index contributed by atoms with van der Waals surface area (Å²) in [5, 5.41) is 14.8. The molecule has 2 aromatic carbocycles. The van der Waals surface area contributed by atoms with Crippen LogP contribution in [0, 0.1) is 10.1 Å². The quantitative estimate of drug-likeness (QED) is 0.206. The molecule has 0 amide bonds. The molecule has 0 saturated heterocycles. The van der Waals surface area contributed by atoms with Gasteiger partial charge in [-0.15, -0.1) is 0 Å². The van der Waals surface area contributed by atoms with Crippen molar-refractivity contribution in [2.75, 3.05) is 25.2 Å². The maximum Gasteiger partial charge on any atom is 0.336 e. The lowest BCUT2D eigenvalue weighted by Gasteiger charge is -2.36. The number of hydrogen-bond donors (Lipinski definition) is 1. The highest BCUT2D eigenvalue weighted by molar-refractivity contribution is 7.99. The van der Waals surface area contributed by atoms with Gasteiger partial charge in [-0.1, -0.05) is 37.3 Å². The molecule has 9 heteroatoms. The van der Waals surface area contributed by atoms with Crippen LogP contribution in [0.2, 0.25) is 0 Å². The molecule has 2 atom stereocenters. The highest BCUT2D eigenvalue weighted by Gasteiger charge is 2.42. The number of allylic oxidation sites excluding steroid dienone is 3. The Bertz CT molecular complexity index is 1280. The fourth-order valence-electron chi connectivity index (χ4n) is 5.10. The minimum Gasteiger partial charge on any atom is -0.496 e. The number of Topliss-reactive ketones (excluding diaryl/α,β-unsaturated/α-hetero) is 1. The van der Waals surface area contributed by atoms with E-state index in [0.717, 1.165) is 22.8 Å². The molecule has 0 spiro atoms. The lowest BCUT2D eigenvalue weighted by Crippen LogP contribution is -2.36. The van der Waals surface area contributed by atoms with Gasteiger partial charge in [-0.05, 0) is 36.3 Å². The number of benzene rings is 2. The van der Waals surface area contributed by atoms with Gasteiger partial charge in [-0.3, -0.25) is 14.9 Å². The molecule has 0 radical (unpaired) electrons. The van der Waals surface area contributed by atoms with Gasteiger partial charge in [0.15, 0.2) is 5.78 Å². The first-order valence-electron chi connectivity index (χ1n) is 12.2. The number of nitrogens with one attached hydrogen (secondary N) is 1. The van der Waals surface area contributed by atoms with Crippen LogP contribution in [0.4, 0.5) is 5.69 Å². The number of methoxy groups -OCH3 is 1. The predicted molar refractivity (Wildman–Crippen MR) is 143 cm³/mol. The number of thioether (sulfide) groups is 1. The summed E-state index contributed by atoms with van der Waals surface area (Å²) in [5.41, 5.74) is 3.44. The summed E-state index contributed by atoms with van der Waals surface area (Å²) in [6, 6.07) is 13.8. The number of ether oxygens (including phenoxy) is 2. The van der Waals surface area contributed by atoms with Crippen LogP contribution in [0.3, 0.4) is 0 Å². The van der Waals surface area contributed by atoms with E-state index in [1.54, 1.807) is 37.9 Å². The maximum atomic E-state index is 13.7.